The molecule has 2 aliphatic heterocycles. The molecule has 0 aliphatic carbocycles. The van der Waals surface area contributed by atoms with Gasteiger partial charge in [0.25, 0.3) is 5.56 Å². The summed E-state index contributed by atoms with van der Waals surface area (Å²) in [5.41, 5.74) is 1.16. The van der Waals surface area contributed by atoms with Crippen LogP contribution in [0.25, 0.3) is 0 Å². The maximum Gasteiger partial charge on any atom is 0.256 e. The predicted molar refractivity (Wildman–Crippen MR) is 97.1 cm³/mol. The molecule has 2 fully saturated rings. The number of carbonyl (C=O) groups is 1. The second-order valence-corrected chi connectivity index (χ2v) is 7.77. The van der Waals surface area contributed by atoms with Crippen molar-refractivity contribution in [3.63, 3.8) is 0 Å². The quantitative estimate of drug-likeness (QED) is 0.823. The number of rotatable bonds is 3. The number of amides is 1. The molecule has 8 heteroatoms. The molecule has 2 aromatic heterocycles. The lowest BCUT2D eigenvalue weighted by molar-refractivity contribution is -0.137. The van der Waals surface area contributed by atoms with Gasteiger partial charge in [0.2, 0.25) is 5.91 Å². The maximum absolute atomic E-state index is 12.9. The minimum atomic E-state index is -0.140. The van der Waals surface area contributed by atoms with E-state index >= 15 is 0 Å². The molecule has 0 N–H and O–H groups in total. The van der Waals surface area contributed by atoms with Crippen molar-refractivity contribution in [1.29, 1.82) is 0 Å². The van der Waals surface area contributed by atoms with Gasteiger partial charge < -0.3 is 4.90 Å². The molecule has 2 aliphatic rings. The summed E-state index contributed by atoms with van der Waals surface area (Å²) in [4.78, 5) is 31.5. The zero-order chi connectivity index (χ0) is 18.4. The molecular formula is C18H22ClN5O2. The fourth-order valence-corrected chi connectivity index (χ4v) is 4.45. The van der Waals surface area contributed by atoms with Gasteiger partial charge in [0.1, 0.15) is 6.54 Å². The zero-order valence-corrected chi connectivity index (χ0v) is 15.7. The van der Waals surface area contributed by atoms with Crippen LogP contribution in [0.5, 0.6) is 0 Å². The first-order chi connectivity index (χ1) is 12.4. The van der Waals surface area contributed by atoms with E-state index in [1.807, 2.05) is 15.8 Å². The van der Waals surface area contributed by atoms with Crippen LogP contribution in [0.1, 0.15) is 43.0 Å². The highest BCUT2D eigenvalue weighted by Crippen LogP contribution is 2.40. The number of aromatic nitrogens is 4. The highest BCUT2D eigenvalue weighted by molar-refractivity contribution is 6.30. The number of hydrogen-bond donors (Lipinski definition) is 0. The Kier molecular flexibility index (Phi) is 4.34. The molecule has 2 bridgehead atoms. The largest absolute Gasteiger partial charge is 0.335 e. The van der Waals surface area contributed by atoms with Crippen LogP contribution in [0.2, 0.25) is 5.02 Å². The van der Waals surface area contributed by atoms with Gasteiger partial charge in [-0.1, -0.05) is 11.6 Å². The standard InChI is InChI=1S/C18H22ClN5O2/c1-11-12(2)20-10-22(18(11)26)9-17(25)24-14-3-4-15(24)6-16(5-14)23-8-13(19)7-21-23/h7-8,10,14-16H,3-6,9H2,1-2H3. The monoisotopic (exact) mass is 375 g/mol. The first-order valence-corrected chi connectivity index (χ1v) is 9.35. The SMILES string of the molecule is Cc1ncn(CC(=O)N2C3CCC2CC(n2cc(Cl)cn2)C3)c(=O)c1C. The molecule has 2 unspecified atom stereocenters. The van der Waals surface area contributed by atoms with Crippen molar-refractivity contribution in [2.45, 2.75) is 64.2 Å². The van der Waals surface area contributed by atoms with Crippen LogP contribution in [0.4, 0.5) is 0 Å². The van der Waals surface area contributed by atoms with Crippen LogP contribution in [-0.4, -0.2) is 42.2 Å². The zero-order valence-electron chi connectivity index (χ0n) is 14.9. The summed E-state index contributed by atoms with van der Waals surface area (Å²) in [6.45, 7) is 3.60. The van der Waals surface area contributed by atoms with Gasteiger partial charge in [-0.05, 0) is 39.5 Å². The smallest absolute Gasteiger partial charge is 0.256 e. The van der Waals surface area contributed by atoms with Gasteiger partial charge in [-0.3, -0.25) is 18.8 Å². The average molecular weight is 376 g/mol. The molecule has 0 spiro atoms. The Bertz CT molecular complexity index is 891. The van der Waals surface area contributed by atoms with Gasteiger partial charge in [0.05, 0.1) is 23.6 Å². The lowest BCUT2D eigenvalue weighted by Crippen LogP contribution is -2.49. The Balaban J connectivity index is 1.50. The third-order valence-corrected chi connectivity index (χ3v) is 5.96. The molecule has 138 valence electrons. The summed E-state index contributed by atoms with van der Waals surface area (Å²) < 4.78 is 3.34. The van der Waals surface area contributed by atoms with Crippen molar-refractivity contribution in [3.05, 3.63) is 45.4 Å². The third kappa shape index (κ3) is 2.94. The number of aryl methyl sites for hydroxylation is 1. The Morgan fingerprint density at radius 3 is 2.54 bits per heavy atom. The molecule has 2 atom stereocenters. The van der Waals surface area contributed by atoms with Crippen LogP contribution in [-0.2, 0) is 11.3 Å². The van der Waals surface area contributed by atoms with Crippen LogP contribution >= 0.6 is 11.6 Å². The number of carbonyl (C=O) groups excluding carboxylic acids is 1. The van der Waals surface area contributed by atoms with E-state index < -0.39 is 0 Å². The van der Waals surface area contributed by atoms with Crippen LogP contribution in [0.3, 0.4) is 0 Å². The summed E-state index contributed by atoms with van der Waals surface area (Å²) >= 11 is 5.99. The molecule has 7 nitrogen and oxygen atoms in total. The third-order valence-electron chi connectivity index (χ3n) is 5.76. The van der Waals surface area contributed by atoms with Crippen LogP contribution in [0, 0.1) is 13.8 Å². The Hall–Kier alpha value is -2.15. The van der Waals surface area contributed by atoms with Gasteiger partial charge in [0, 0.05) is 29.5 Å². The molecule has 0 radical (unpaired) electrons. The predicted octanol–water partition coefficient (Wildman–Crippen LogP) is 2.10. The summed E-state index contributed by atoms with van der Waals surface area (Å²) in [6, 6.07) is 0.670. The minimum Gasteiger partial charge on any atom is -0.335 e. The van der Waals surface area contributed by atoms with Crippen molar-refractivity contribution in [2.24, 2.45) is 0 Å². The van der Waals surface area contributed by atoms with Gasteiger partial charge >= 0.3 is 0 Å². The van der Waals surface area contributed by atoms with E-state index in [4.69, 9.17) is 11.6 Å². The van der Waals surface area contributed by atoms with E-state index in [0.717, 1.165) is 25.7 Å². The van der Waals surface area contributed by atoms with Gasteiger partial charge in [0.15, 0.2) is 0 Å². The normalized spacial score (nSPS) is 24.9. The van der Waals surface area contributed by atoms with E-state index in [1.165, 1.54) is 10.9 Å². The molecule has 4 heterocycles. The second kappa shape index (κ2) is 6.54. The number of fused-ring (bicyclic) bond motifs is 2. The molecule has 0 saturated carbocycles. The molecule has 2 saturated heterocycles. The number of nitrogens with zero attached hydrogens (tertiary/aromatic N) is 5. The number of piperidine rings is 1. The Labute approximate surface area is 156 Å². The first kappa shape index (κ1) is 17.3. The topological polar surface area (TPSA) is 73.0 Å². The van der Waals surface area contributed by atoms with Gasteiger partial charge in [-0.15, -0.1) is 0 Å². The number of hydrogen-bond acceptors (Lipinski definition) is 4. The summed E-state index contributed by atoms with van der Waals surface area (Å²) in [7, 11) is 0. The highest BCUT2D eigenvalue weighted by atomic mass is 35.5. The van der Waals surface area contributed by atoms with E-state index in [1.54, 1.807) is 20.0 Å². The lowest BCUT2D eigenvalue weighted by atomic mass is 9.97. The summed E-state index contributed by atoms with van der Waals surface area (Å²) in [5, 5.41) is 4.97. The Morgan fingerprint density at radius 1 is 1.23 bits per heavy atom. The Morgan fingerprint density at radius 2 is 1.92 bits per heavy atom. The highest BCUT2D eigenvalue weighted by Gasteiger charge is 2.43. The summed E-state index contributed by atoms with van der Waals surface area (Å²) in [5.74, 6) is 0.00148. The van der Waals surface area contributed by atoms with Gasteiger partial charge in [-0.2, -0.15) is 5.10 Å². The molecule has 0 aromatic carbocycles. The molecule has 26 heavy (non-hydrogen) atoms. The van der Waals surface area contributed by atoms with Crippen molar-refractivity contribution >= 4 is 17.5 Å². The lowest BCUT2D eigenvalue weighted by Gasteiger charge is -2.39. The van der Waals surface area contributed by atoms with E-state index in [0.29, 0.717) is 16.3 Å². The fraction of sp³-hybridized carbons (Fsp3) is 0.556. The van der Waals surface area contributed by atoms with Gasteiger partial charge in [-0.25, -0.2) is 4.98 Å². The fourth-order valence-electron chi connectivity index (χ4n) is 4.30. The molecular weight excluding hydrogens is 354 g/mol. The van der Waals surface area contributed by atoms with E-state index in [2.05, 4.69) is 10.1 Å². The minimum absolute atomic E-state index is 0.00148. The van der Waals surface area contributed by atoms with E-state index in [-0.39, 0.29) is 36.1 Å². The number of halogens is 1. The maximum atomic E-state index is 12.9. The van der Waals surface area contributed by atoms with E-state index in [9.17, 15) is 9.59 Å². The molecule has 1 amide bonds. The van der Waals surface area contributed by atoms with Crippen molar-refractivity contribution < 1.29 is 4.79 Å². The average Bonchev–Trinajstić information content (AvgIpc) is 3.16. The van der Waals surface area contributed by atoms with Crippen molar-refractivity contribution in [1.82, 2.24) is 24.2 Å². The van der Waals surface area contributed by atoms with Crippen LogP contribution in [0.15, 0.2) is 23.5 Å². The van der Waals surface area contributed by atoms with Crippen molar-refractivity contribution in [3.8, 4) is 0 Å². The first-order valence-electron chi connectivity index (χ1n) is 8.97. The molecule has 2 aromatic rings. The molecule has 4 rings (SSSR count). The second-order valence-electron chi connectivity index (χ2n) is 7.34. The van der Waals surface area contributed by atoms with Crippen LogP contribution < -0.4 is 5.56 Å². The summed E-state index contributed by atoms with van der Waals surface area (Å²) in [6.07, 6.45) is 8.73. The van der Waals surface area contributed by atoms with Crippen molar-refractivity contribution in [2.75, 3.05) is 0 Å².